The second kappa shape index (κ2) is 5.34. The van der Waals surface area contributed by atoms with Crippen LogP contribution in [0.3, 0.4) is 0 Å². The SMILES string of the molecule is Clc1cccc2c1OCCN2C1CCC2(CC1)OCCO2. The van der Waals surface area contributed by atoms with Crippen molar-refractivity contribution in [3.63, 3.8) is 0 Å². The maximum Gasteiger partial charge on any atom is 0.168 e. The van der Waals surface area contributed by atoms with Crippen LogP contribution >= 0.6 is 11.6 Å². The largest absolute Gasteiger partial charge is 0.488 e. The van der Waals surface area contributed by atoms with Crippen LogP contribution < -0.4 is 9.64 Å². The molecule has 21 heavy (non-hydrogen) atoms. The van der Waals surface area contributed by atoms with Crippen molar-refractivity contribution < 1.29 is 14.2 Å². The van der Waals surface area contributed by atoms with E-state index in [4.69, 9.17) is 25.8 Å². The van der Waals surface area contributed by atoms with E-state index in [0.29, 0.717) is 17.7 Å². The van der Waals surface area contributed by atoms with Gasteiger partial charge in [0.05, 0.1) is 30.5 Å². The molecule has 2 fully saturated rings. The van der Waals surface area contributed by atoms with Crippen LogP contribution in [0.1, 0.15) is 25.7 Å². The average Bonchev–Trinajstić information content (AvgIpc) is 2.97. The molecule has 1 spiro atoms. The summed E-state index contributed by atoms with van der Waals surface area (Å²) in [5.41, 5.74) is 1.13. The van der Waals surface area contributed by atoms with Gasteiger partial charge in [-0.2, -0.15) is 0 Å². The molecule has 1 saturated carbocycles. The first-order valence-electron chi connectivity index (χ1n) is 7.73. The highest BCUT2D eigenvalue weighted by molar-refractivity contribution is 6.32. The third-order valence-corrected chi connectivity index (χ3v) is 5.10. The van der Waals surface area contributed by atoms with E-state index in [-0.39, 0.29) is 5.79 Å². The highest BCUT2D eigenvalue weighted by Crippen LogP contribution is 2.43. The van der Waals surface area contributed by atoms with E-state index >= 15 is 0 Å². The van der Waals surface area contributed by atoms with Gasteiger partial charge in [-0.1, -0.05) is 17.7 Å². The Balaban J connectivity index is 1.52. The topological polar surface area (TPSA) is 30.9 Å². The van der Waals surface area contributed by atoms with Gasteiger partial charge in [0, 0.05) is 18.9 Å². The highest BCUT2D eigenvalue weighted by atomic mass is 35.5. The normalized spacial score (nSPS) is 24.9. The Hall–Kier alpha value is -0.970. The van der Waals surface area contributed by atoms with Gasteiger partial charge in [-0.3, -0.25) is 0 Å². The van der Waals surface area contributed by atoms with Crippen molar-refractivity contribution in [2.45, 2.75) is 37.5 Å². The van der Waals surface area contributed by atoms with Gasteiger partial charge >= 0.3 is 0 Å². The van der Waals surface area contributed by atoms with Crippen molar-refractivity contribution in [2.75, 3.05) is 31.3 Å². The van der Waals surface area contributed by atoms with Crippen LogP contribution in [0.2, 0.25) is 5.02 Å². The summed E-state index contributed by atoms with van der Waals surface area (Å²) in [5, 5.41) is 0.701. The van der Waals surface area contributed by atoms with Gasteiger partial charge in [0.15, 0.2) is 11.5 Å². The molecule has 0 amide bonds. The number of fused-ring (bicyclic) bond motifs is 1. The number of ether oxygens (including phenoxy) is 3. The summed E-state index contributed by atoms with van der Waals surface area (Å²) in [7, 11) is 0. The molecule has 1 saturated heterocycles. The minimum absolute atomic E-state index is 0.292. The quantitative estimate of drug-likeness (QED) is 0.797. The first kappa shape index (κ1) is 13.7. The fourth-order valence-electron chi connectivity index (χ4n) is 3.75. The lowest BCUT2D eigenvalue weighted by Gasteiger charge is -2.43. The fourth-order valence-corrected chi connectivity index (χ4v) is 3.98. The maximum atomic E-state index is 6.25. The Morgan fingerprint density at radius 2 is 1.86 bits per heavy atom. The van der Waals surface area contributed by atoms with Gasteiger partial charge in [0.2, 0.25) is 0 Å². The van der Waals surface area contributed by atoms with Gasteiger partial charge in [0.25, 0.3) is 0 Å². The maximum absolute atomic E-state index is 6.25. The monoisotopic (exact) mass is 309 g/mol. The molecule has 2 aliphatic heterocycles. The Kier molecular flexibility index (Phi) is 3.48. The Morgan fingerprint density at radius 3 is 2.62 bits per heavy atom. The first-order chi connectivity index (χ1) is 10.3. The standard InChI is InChI=1S/C16H20ClNO3/c17-13-2-1-3-14-15(13)19-9-8-18(14)12-4-6-16(7-5-12)20-10-11-21-16/h1-3,12H,4-11H2. The minimum atomic E-state index is -0.292. The molecule has 0 atom stereocenters. The fraction of sp³-hybridized carbons (Fsp3) is 0.625. The lowest BCUT2D eigenvalue weighted by molar-refractivity contribution is -0.178. The van der Waals surface area contributed by atoms with E-state index in [1.165, 1.54) is 0 Å². The third-order valence-electron chi connectivity index (χ3n) is 4.81. The zero-order valence-electron chi connectivity index (χ0n) is 12.0. The number of rotatable bonds is 1. The van der Waals surface area contributed by atoms with Crippen molar-refractivity contribution in [3.8, 4) is 5.75 Å². The van der Waals surface area contributed by atoms with Crippen molar-refractivity contribution in [1.82, 2.24) is 0 Å². The molecule has 0 unspecified atom stereocenters. The smallest absolute Gasteiger partial charge is 0.168 e. The van der Waals surface area contributed by atoms with Crippen LogP contribution in [0.25, 0.3) is 0 Å². The Morgan fingerprint density at radius 1 is 1.10 bits per heavy atom. The van der Waals surface area contributed by atoms with Gasteiger partial charge in [-0.25, -0.2) is 0 Å². The van der Waals surface area contributed by atoms with Crippen LogP contribution in [0.4, 0.5) is 5.69 Å². The number of anilines is 1. The predicted molar refractivity (Wildman–Crippen MR) is 81.2 cm³/mol. The van der Waals surface area contributed by atoms with E-state index in [9.17, 15) is 0 Å². The Labute approximate surface area is 129 Å². The summed E-state index contributed by atoms with van der Waals surface area (Å²) in [6.07, 6.45) is 4.13. The summed E-state index contributed by atoms with van der Waals surface area (Å²) in [6.45, 7) is 3.10. The van der Waals surface area contributed by atoms with Crippen LogP contribution in [0.15, 0.2) is 18.2 Å². The van der Waals surface area contributed by atoms with E-state index in [2.05, 4.69) is 11.0 Å². The average molecular weight is 310 g/mol. The van der Waals surface area contributed by atoms with Gasteiger partial charge in [-0.15, -0.1) is 0 Å². The number of benzene rings is 1. The van der Waals surface area contributed by atoms with Gasteiger partial charge in [0.1, 0.15) is 6.61 Å². The molecule has 0 bridgehead atoms. The molecule has 1 aromatic carbocycles. The first-order valence-corrected chi connectivity index (χ1v) is 8.11. The summed E-state index contributed by atoms with van der Waals surface area (Å²) >= 11 is 6.25. The second-order valence-electron chi connectivity index (χ2n) is 5.97. The number of hydrogen-bond donors (Lipinski definition) is 0. The molecule has 4 rings (SSSR count). The van der Waals surface area contributed by atoms with Gasteiger partial charge < -0.3 is 19.1 Å². The van der Waals surface area contributed by atoms with Crippen LogP contribution in [0.5, 0.6) is 5.75 Å². The van der Waals surface area contributed by atoms with E-state index in [1.54, 1.807) is 0 Å². The number of para-hydroxylation sites is 1. The van der Waals surface area contributed by atoms with Crippen molar-refractivity contribution >= 4 is 17.3 Å². The van der Waals surface area contributed by atoms with E-state index in [1.807, 2.05) is 12.1 Å². The molecule has 1 aromatic rings. The van der Waals surface area contributed by atoms with Crippen molar-refractivity contribution in [1.29, 1.82) is 0 Å². The molecular formula is C16H20ClNO3. The Bertz CT molecular complexity index is 520. The highest BCUT2D eigenvalue weighted by Gasteiger charge is 2.42. The lowest BCUT2D eigenvalue weighted by Crippen LogP contribution is -2.47. The second-order valence-corrected chi connectivity index (χ2v) is 6.38. The van der Waals surface area contributed by atoms with E-state index in [0.717, 1.165) is 56.9 Å². The van der Waals surface area contributed by atoms with Crippen molar-refractivity contribution in [2.24, 2.45) is 0 Å². The number of nitrogens with zero attached hydrogens (tertiary/aromatic N) is 1. The van der Waals surface area contributed by atoms with Crippen LogP contribution in [0, 0.1) is 0 Å². The molecule has 0 N–H and O–H groups in total. The summed E-state index contributed by atoms with van der Waals surface area (Å²) in [5.74, 6) is 0.541. The molecule has 5 heteroatoms. The van der Waals surface area contributed by atoms with Crippen LogP contribution in [-0.2, 0) is 9.47 Å². The molecular weight excluding hydrogens is 290 g/mol. The molecule has 4 nitrogen and oxygen atoms in total. The number of halogens is 1. The van der Waals surface area contributed by atoms with Crippen LogP contribution in [-0.4, -0.2) is 38.2 Å². The van der Waals surface area contributed by atoms with Gasteiger partial charge in [-0.05, 0) is 25.0 Å². The summed E-state index contributed by atoms with van der Waals surface area (Å²) < 4.78 is 17.4. The predicted octanol–water partition coefficient (Wildman–Crippen LogP) is 3.22. The molecule has 3 aliphatic rings. The summed E-state index contributed by atoms with van der Waals surface area (Å²) in [6, 6.07) is 6.51. The van der Waals surface area contributed by atoms with E-state index < -0.39 is 0 Å². The third kappa shape index (κ3) is 2.39. The lowest BCUT2D eigenvalue weighted by atomic mass is 9.88. The number of hydrogen-bond acceptors (Lipinski definition) is 4. The molecule has 114 valence electrons. The summed E-state index contributed by atoms with van der Waals surface area (Å²) in [4.78, 5) is 2.45. The zero-order valence-corrected chi connectivity index (χ0v) is 12.8. The molecule has 0 aromatic heterocycles. The van der Waals surface area contributed by atoms with Crippen molar-refractivity contribution in [3.05, 3.63) is 23.2 Å². The molecule has 1 aliphatic carbocycles. The molecule has 0 radical (unpaired) electrons. The molecule has 2 heterocycles. The minimum Gasteiger partial charge on any atom is -0.488 e. The zero-order chi connectivity index (χ0) is 14.3.